The number of hydrogen-bond acceptors (Lipinski definition) is 5. The summed E-state index contributed by atoms with van der Waals surface area (Å²) in [5.41, 5.74) is 11.7. The summed E-state index contributed by atoms with van der Waals surface area (Å²) in [5, 5.41) is 8.36. The third kappa shape index (κ3) is 5.02. The van der Waals surface area contributed by atoms with Gasteiger partial charge in [-0.05, 0) is 48.9 Å². The molecule has 34 heavy (non-hydrogen) atoms. The van der Waals surface area contributed by atoms with E-state index in [1.807, 2.05) is 12.4 Å². The number of para-hydroxylation sites is 1. The second kappa shape index (κ2) is 9.78. The predicted octanol–water partition coefficient (Wildman–Crippen LogP) is 5.81. The number of anilines is 2. The molecule has 0 atom stereocenters. The molecule has 10 heteroatoms. The number of alkyl halides is 3. The maximum absolute atomic E-state index is 10.6. The summed E-state index contributed by atoms with van der Waals surface area (Å²) in [7, 11) is 0. The Morgan fingerprint density at radius 3 is 2.53 bits per heavy atom. The number of fused-ring (bicyclic) bond motifs is 3. The van der Waals surface area contributed by atoms with Gasteiger partial charge in [0, 0.05) is 40.4 Å². The van der Waals surface area contributed by atoms with Gasteiger partial charge in [-0.15, -0.1) is 0 Å². The summed E-state index contributed by atoms with van der Waals surface area (Å²) in [6.45, 7) is 1.60. The summed E-state index contributed by atoms with van der Waals surface area (Å²) in [4.78, 5) is 21.6. The summed E-state index contributed by atoms with van der Waals surface area (Å²) in [5.74, 6) is -2.76. The normalized spacial score (nSPS) is 12.5. The van der Waals surface area contributed by atoms with Gasteiger partial charge in [0.15, 0.2) is 0 Å². The third-order valence-electron chi connectivity index (χ3n) is 5.19. The number of rotatable bonds is 4. The molecule has 3 heterocycles. The minimum absolute atomic E-state index is 0.687. The van der Waals surface area contributed by atoms with E-state index >= 15 is 0 Å². The van der Waals surface area contributed by atoms with Gasteiger partial charge in [-0.25, -0.2) is 4.79 Å². The van der Waals surface area contributed by atoms with Gasteiger partial charge >= 0.3 is 12.1 Å². The molecule has 0 bridgehead atoms. The zero-order valence-electron chi connectivity index (χ0n) is 17.8. The zero-order chi connectivity index (χ0) is 24.3. The van der Waals surface area contributed by atoms with Gasteiger partial charge in [0.2, 0.25) is 0 Å². The zero-order valence-corrected chi connectivity index (χ0v) is 18.7. The second-order valence-corrected chi connectivity index (χ2v) is 8.58. The van der Waals surface area contributed by atoms with Crippen molar-refractivity contribution in [1.82, 2.24) is 9.97 Å². The molecule has 0 amide bonds. The lowest BCUT2D eigenvalue weighted by Gasteiger charge is -2.32. The second-order valence-electron chi connectivity index (χ2n) is 7.50. The van der Waals surface area contributed by atoms with Crippen LogP contribution < -0.4 is 10.6 Å². The molecule has 2 aromatic heterocycles. The molecule has 0 spiro atoms. The fraction of sp³-hybridized carbons (Fsp3) is 0.167. The van der Waals surface area contributed by atoms with E-state index in [-0.39, 0.29) is 0 Å². The molecule has 176 valence electrons. The number of halogens is 3. The van der Waals surface area contributed by atoms with Crippen molar-refractivity contribution in [3.63, 3.8) is 0 Å². The number of nitrogens with one attached hydrogen (secondary N) is 1. The van der Waals surface area contributed by atoms with Crippen LogP contribution in [0, 0.1) is 0 Å². The largest absolute Gasteiger partial charge is 0.490 e. The van der Waals surface area contributed by atoms with E-state index in [0.717, 1.165) is 24.2 Å². The number of carboxylic acid groups (broad SMARTS) is 1. The van der Waals surface area contributed by atoms with Crippen molar-refractivity contribution < 1.29 is 23.1 Å². The molecule has 4 N–H and O–H groups in total. The van der Waals surface area contributed by atoms with E-state index in [2.05, 4.69) is 69.5 Å². The Labute approximate surface area is 197 Å². The van der Waals surface area contributed by atoms with Crippen LogP contribution in [0.2, 0.25) is 0 Å². The van der Waals surface area contributed by atoms with Crippen LogP contribution in [0.25, 0.3) is 22.2 Å². The molecule has 1 aliphatic rings. The number of pyridine rings is 1. The Bertz CT molecular complexity index is 1290. The predicted molar refractivity (Wildman–Crippen MR) is 126 cm³/mol. The van der Waals surface area contributed by atoms with Gasteiger partial charge < -0.3 is 20.7 Å². The third-order valence-corrected chi connectivity index (χ3v) is 6.27. The number of H-pyrrole nitrogens is 1. The van der Waals surface area contributed by atoms with Crippen molar-refractivity contribution in [2.24, 2.45) is 5.73 Å². The lowest BCUT2D eigenvalue weighted by molar-refractivity contribution is -0.192. The van der Waals surface area contributed by atoms with Crippen LogP contribution in [0.4, 0.5) is 24.5 Å². The molecular weight excluding hydrogens is 465 g/mol. The first kappa shape index (κ1) is 23.7. The van der Waals surface area contributed by atoms with Crippen molar-refractivity contribution in [3.8, 4) is 11.3 Å². The number of nitrogens with two attached hydrogens (primary N) is 1. The number of aromatic amines is 1. The van der Waals surface area contributed by atoms with Gasteiger partial charge in [0.1, 0.15) is 0 Å². The van der Waals surface area contributed by atoms with Crippen molar-refractivity contribution in [1.29, 1.82) is 0 Å². The monoisotopic (exact) mass is 486 g/mol. The number of nitrogens with zero attached hydrogens (tertiary/aromatic N) is 2. The van der Waals surface area contributed by atoms with Gasteiger partial charge in [0.25, 0.3) is 0 Å². The van der Waals surface area contributed by atoms with E-state index in [1.165, 1.54) is 32.1 Å². The quantitative estimate of drug-likeness (QED) is 0.337. The number of aromatic nitrogens is 2. The van der Waals surface area contributed by atoms with Crippen LogP contribution in [0.5, 0.6) is 0 Å². The number of carbonyl (C=O) groups is 1. The van der Waals surface area contributed by atoms with E-state index < -0.39 is 12.1 Å². The highest BCUT2D eigenvalue weighted by atomic mass is 32.2. The summed E-state index contributed by atoms with van der Waals surface area (Å²) in [6, 6.07) is 19.4. The minimum Gasteiger partial charge on any atom is -0.475 e. The average Bonchev–Trinajstić information content (AvgIpc) is 3.25. The topological polar surface area (TPSA) is 95.2 Å². The summed E-state index contributed by atoms with van der Waals surface area (Å²) < 4.78 is 31.7. The van der Waals surface area contributed by atoms with E-state index in [4.69, 9.17) is 15.6 Å². The molecule has 2 aromatic carbocycles. The number of aliphatic carboxylic acids is 1. The molecule has 0 aliphatic carbocycles. The van der Waals surface area contributed by atoms with Gasteiger partial charge in [-0.3, -0.25) is 4.98 Å². The lowest BCUT2D eigenvalue weighted by atomic mass is 10.1. The minimum atomic E-state index is -5.08. The van der Waals surface area contributed by atoms with Crippen LogP contribution in [-0.2, 0) is 4.79 Å². The molecular formula is C24H21F3N4O2S. The van der Waals surface area contributed by atoms with Crippen LogP contribution in [0.3, 0.4) is 0 Å². The molecule has 0 unspecified atom stereocenters. The highest BCUT2D eigenvalue weighted by molar-refractivity contribution is 7.99. The number of hydrogen-bond donors (Lipinski definition) is 3. The molecule has 0 saturated heterocycles. The van der Waals surface area contributed by atoms with Crippen LogP contribution in [0.15, 0.2) is 76.8 Å². The van der Waals surface area contributed by atoms with Crippen LogP contribution in [0.1, 0.15) is 6.42 Å². The SMILES string of the molecule is NCCCN1c2ccncc2Sc2cc(-c3cc4ccccc4[nH]3)ccc21.O=C(O)C(F)(F)F. The molecule has 0 fully saturated rings. The first-order valence-corrected chi connectivity index (χ1v) is 11.2. The molecule has 5 rings (SSSR count). The van der Waals surface area contributed by atoms with Gasteiger partial charge in [-0.1, -0.05) is 36.0 Å². The highest BCUT2D eigenvalue weighted by Crippen LogP contribution is 2.48. The number of benzene rings is 2. The maximum Gasteiger partial charge on any atom is 0.490 e. The number of carboxylic acids is 1. The van der Waals surface area contributed by atoms with Crippen molar-refractivity contribution in [2.75, 3.05) is 18.0 Å². The van der Waals surface area contributed by atoms with Gasteiger partial charge in [0.05, 0.1) is 16.3 Å². The van der Waals surface area contributed by atoms with Crippen LogP contribution >= 0.6 is 11.8 Å². The Hall–Kier alpha value is -3.50. The van der Waals surface area contributed by atoms with E-state index in [9.17, 15) is 13.2 Å². The van der Waals surface area contributed by atoms with Crippen LogP contribution in [-0.4, -0.2) is 40.3 Å². The maximum atomic E-state index is 10.6. The summed E-state index contributed by atoms with van der Waals surface area (Å²) in [6.07, 6.45) is -0.317. The standard InChI is InChI=1S/C22H20N4S.C2HF3O2/c23-9-3-11-26-19-7-6-16(18-12-15-4-1-2-5-17(15)25-18)13-21(19)27-22-14-24-10-8-20(22)26;3-2(4,5)1(6)7/h1-2,4-8,10,12-14,25H,3,9,11,23H2;(H,6,7). The Morgan fingerprint density at radius 1 is 1.09 bits per heavy atom. The molecule has 1 aliphatic heterocycles. The molecule has 4 aromatic rings. The van der Waals surface area contributed by atoms with Crippen molar-refractivity contribution >= 4 is 40.0 Å². The first-order chi connectivity index (χ1) is 16.3. The first-order valence-electron chi connectivity index (χ1n) is 10.4. The fourth-order valence-corrected chi connectivity index (χ4v) is 4.73. The molecule has 6 nitrogen and oxygen atoms in total. The molecule has 0 saturated carbocycles. The Morgan fingerprint density at radius 2 is 1.82 bits per heavy atom. The van der Waals surface area contributed by atoms with E-state index in [1.54, 1.807) is 11.8 Å². The Kier molecular flexibility index (Phi) is 6.80. The molecule has 0 radical (unpaired) electrons. The highest BCUT2D eigenvalue weighted by Gasteiger charge is 2.38. The smallest absolute Gasteiger partial charge is 0.475 e. The lowest BCUT2D eigenvalue weighted by Crippen LogP contribution is -2.23. The van der Waals surface area contributed by atoms with Gasteiger partial charge in [-0.2, -0.15) is 13.2 Å². The van der Waals surface area contributed by atoms with Crippen molar-refractivity contribution in [3.05, 3.63) is 67.0 Å². The summed E-state index contributed by atoms with van der Waals surface area (Å²) >= 11 is 1.79. The average molecular weight is 487 g/mol. The Balaban J connectivity index is 0.000000344. The van der Waals surface area contributed by atoms with Crippen molar-refractivity contribution in [2.45, 2.75) is 22.4 Å². The fourth-order valence-electron chi connectivity index (χ4n) is 3.63. The van der Waals surface area contributed by atoms with E-state index in [0.29, 0.717) is 6.54 Å².